The van der Waals surface area contributed by atoms with Crippen molar-refractivity contribution in [1.82, 2.24) is 9.97 Å². The molecule has 1 fully saturated rings. The molecule has 1 atom stereocenters. The highest BCUT2D eigenvalue weighted by molar-refractivity contribution is 5.63. The van der Waals surface area contributed by atoms with E-state index in [0.29, 0.717) is 5.82 Å². The van der Waals surface area contributed by atoms with Crippen molar-refractivity contribution in [2.24, 2.45) is 5.73 Å². The van der Waals surface area contributed by atoms with E-state index in [1.165, 1.54) is 0 Å². The average Bonchev–Trinajstić information content (AvgIpc) is 2.93. The van der Waals surface area contributed by atoms with Crippen molar-refractivity contribution in [1.29, 1.82) is 0 Å². The van der Waals surface area contributed by atoms with Crippen molar-refractivity contribution in [3.63, 3.8) is 0 Å². The average molecular weight is 294 g/mol. The summed E-state index contributed by atoms with van der Waals surface area (Å²) in [7, 11) is 0. The van der Waals surface area contributed by atoms with Gasteiger partial charge in [-0.3, -0.25) is 0 Å². The number of hydrogen-bond donors (Lipinski definition) is 3. The third-order valence-electron chi connectivity index (χ3n) is 3.58. The summed E-state index contributed by atoms with van der Waals surface area (Å²) in [5, 5.41) is 3.21. The highest BCUT2D eigenvalue weighted by Gasteiger charge is 2.21. The molecule has 1 saturated heterocycles. The molecule has 3 rings (SSSR count). The van der Waals surface area contributed by atoms with Crippen molar-refractivity contribution >= 4 is 23.3 Å². The Morgan fingerprint density at radius 3 is 2.91 bits per heavy atom. The molecule has 1 aliphatic heterocycles. The molecule has 0 amide bonds. The van der Waals surface area contributed by atoms with Crippen LogP contribution in [0.25, 0.3) is 0 Å². The van der Waals surface area contributed by atoms with Crippen molar-refractivity contribution in [2.75, 3.05) is 29.0 Å². The van der Waals surface area contributed by atoms with Crippen molar-refractivity contribution in [3.05, 3.63) is 35.9 Å². The zero-order valence-electron chi connectivity index (χ0n) is 12.2. The van der Waals surface area contributed by atoms with Crippen molar-refractivity contribution < 1.29 is 0 Å². The Morgan fingerprint density at radius 2 is 2.18 bits per heavy atom. The monoisotopic (exact) mass is 294 g/mol. The summed E-state index contributed by atoms with van der Waals surface area (Å²) in [4.78, 5) is 10.6. The molecular formula is C16H18N6. The Bertz CT molecular complexity index is 721. The van der Waals surface area contributed by atoms with Gasteiger partial charge in [0.2, 0.25) is 5.95 Å². The summed E-state index contributed by atoms with van der Waals surface area (Å²) in [5.41, 5.74) is 13.4. The standard InChI is InChI=1S/C16H18N6/c1-2-11-4-3-5-13(8-11)19-14-9-15(21-16(18)20-14)22-7-6-12(17)10-22/h1,3-5,8-9,12H,6-7,10,17H2,(H3,18,19,20,21)/t12-/m1/s1. The molecule has 5 N–H and O–H groups in total. The second kappa shape index (κ2) is 5.92. The number of benzene rings is 1. The van der Waals surface area contributed by atoms with Gasteiger partial charge in [0, 0.05) is 36.4 Å². The van der Waals surface area contributed by atoms with Crippen molar-refractivity contribution in [3.8, 4) is 12.3 Å². The Balaban J connectivity index is 1.84. The first kappa shape index (κ1) is 14.2. The fraction of sp³-hybridized carbons (Fsp3) is 0.250. The van der Waals surface area contributed by atoms with Crippen LogP contribution in [-0.4, -0.2) is 29.1 Å². The molecular weight excluding hydrogens is 276 g/mol. The predicted octanol–water partition coefficient (Wildman–Crippen LogP) is 1.32. The van der Waals surface area contributed by atoms with Crippen LogP contribution in [0, 0.1) is 12.3 Å². The van der Waals surface area contributed by atoms with Crippen LogP contribution in [0.5, 0.6) is 0 Å². The van der Waals surface area contributed by atoms with Crippen LogP contribution in [0.15, 0.2) is 30.3 Å². The van der Waals surface area contributed by atoms with Crippen LogP contribution in [0.2, 0.25) is 0 Å². The Hall–Kier alpha value is -2.78. The van der Waals surface area contributed by atoms with E-state index >= 15 is 0 Å². The van der Waals surface area contributed by atoms with Gasteiger partial charge in [-0.15, -0.1) is 6.42 Å². The van der Waals surface area contributed by atoms with Crippen LogP contribution in [-0.2, 0) is 0 Å². The maximum Gasteiger partial charge on any atom is 0.223 e. The minimum Gasteiger partial charge on any atom is -0.368 e. The summed E-state index contributed by atoms with van der Waals surface area (Å²) >= 11 is 0. The van der Waals surface area contributed by atoms with E-state index in [9.17, 15) is 0 Å². The lowest BCUT2D eigenvalue weighted by Crippen LogP contribution is -2.27. The highest BCUT2D eigenvalue weighted by Crippen LogP contribution is 2.23. The molecule has 6 nitrogen and oxygen atoms in total. The fourth-order valence-electron chi connectivity index (χ4n) is 2.51. The number of rotatable bonds is 3. The number of terminal acetylenes is 1. The number of nitrogens with one attached hydrogen (secondary N) is 1. The maximum absolute atomic E-state index is 5.94. The van der Waals surface area contributed by atoms with Gasteiger partial charge in [0.15, 0.2) is 0 Å². The van der Waals surface area contributed by atoms with Gasteiger partial charge >= 0.3 is 0 Å². The molecule has 0 aliphatic carbocycles. The first-order chi connectivity index (χ1) is 10.6. The van der Waals surface area contributed by atoms with E-state index in [-0.39, 0.29) is 12.0 Å². The summed E-state index contributed by atoms with van der Waals surface area (Å²) in [5.74, 6) is 4.26. The number of nitrogen functional groups attached to an aromatic ring is 1. The van der Waals surface area contributed by atoms with Gasteiger partial charge in [0.25, 0.3) is 0 Å². The number of nitrogens with zero attached hydrogens (tertiary/aromatic N) is 3. The van der Waals surface area contributed by atoms with E-state index in [4.69, 9.17) is 17.9 Å². The van der Waals surface area contributed by atoms with Gasteiger partial charge < -0.3 is 21.7 Å². The van der Waals surface area contributed by atoms with Crippen LogP contribution >= 0.6 is 0 Å². The van der Waals surface area contributed by atoms with E-state index in [1.807, 2.05) is 30.3 Å². The third-order valence-corrected chi connectivity index (χ3v) is 3.58. The molecule has 112 valence electrons. The first-order valence-corrected chi connectivity index (χ1v) is 7.13. The Morgan fingerprint density at radius 1 is 1.32 bits per heavy atom. The minimum atomic E-state index is 0.180. The topological polar surface area (TPSA) is 93.1 Å². The molecule has 1 aromatic carbocycles. The van der Waals surface area contributed by atoms with Crippen LogP contribution in [0.1, 0.15) is 12.0 Å². The van der Waals surface area contributed by atoms with Gasteiger partial charge in [0.05, 0.1) is 0 Å². The SMILES string of the molecule is C#Cc1cccc(Nc2cc(N3CC[C@@H](N)C3)nc(N)n2)c1. The molecule has 2 aromatic rings. The van der Waals surface area contributed by atoms with Gasteiger partial charge in [-0.1, -0.05) is 12.0 Å². The van der Waals surface area contributed by atoms with Gasteiger partial charge in [-0.05, 0) is 24.6 Å². The number of hydrogen-bond acceptors (Lipinski definition) is 6. The zero-order valence-corrected chi connectivity index (χ0v) is 12.2. The van der Waals surface area contributed by atoms with E-state index in [2.05, 4.69) is 26.1 Å². The molecule has 0 bridgehead atoms. The molecule has 22 heavy (non-hydrogen) atoms. The predicted molar refractivity (Wildman–Crippen MR) is 88.9 cm³/mol. The Kier molecular flexibility index (Phi) is 3.81. The Labute approximate surface area is 129 Å². The smallest absolute Gasteiger partial charge is 0.223 e. The maximum atomic E-state index is 5.94. The number of nitrogens with two attached hydrogens (primary N) is 2. The zero-order chi connectivity index (χ0) is 15.5. The second-order valence-electron chi connectivity index (χ2n) is 5.31. The largest absolute Gasteiger partial charge is 0.368 e. The minimum absolute atomic E-state index is 0.180. The molecule has 6 heteroatoms. The summed E-state index contributed by atoms with van der Waals surface area (Å²) < 4.78 is 0. The molecule has 1 aromatic heterocycles. The quantitative estimate of drug-likeness (QED) is 0.739. The van der Waals surface area contributed by atoms with Crippen LogP contribution in [0.3, 0.4) is 0 Å². The molecule has 2 heterocycles. The highest BCUT2D eigenvalue weighted by atomic mass is 15.2. The van der Waals surface area contributed by atoms with E-state index in [0.717, 1.165) is 36.6 Å². The lowest BCUT2D eigenvalue weighted by atomic mass is 10.2. The molecule has 1 aliphatic rings. The molecule has 0 radical (unpaired) electrons. The number of aromatic nitrogens is 2. The summed E-state index contributed by atoms with van der Waals surface area (Å²) in [6.07, 6.45) is 6.37. The second-order valence-corrected chi connectivity index (χ2v) is 5.31. The lowest BCUT2D eigenvalue weighted by molar-refractivity contribution is 0.751. The van der Waals surface area contributed by atoms with Crippen LogP contribution < -0.4 is 21.7 Å². The normalized spacial score (nSPS) is 17.3. The van der Waals surface area contributed by atoms with E-state index < -0.39 is 0 Å². The first-order valence-electron chi connectivity index (χ1n) is 7.13. The van der Waals surface area contributed by atoms with Gasteiger partial charge in [-0.2, -0.15) is 9.97 Å². The number of anilines is 4. The van der Waals surface area contributed by atoms with Crippen molar-refractivity contribution in [2.45, 2.75) is 12.5 Å². The summed E-state index contributed by atoms with van der Waals surface area (Å²) in [6.45, 7) is 1.66. The van der Waals surface area contributed by atoms with Crippen LogP contribution in [0.4, 0.5) is 23.3 Å². The summed E-state index contributed by atoms with van der Waals surface area (Å²) in [6, 6.07) is 9.62. The fourth-order valence-corrected chi connectivity index (χ4v) is 2.51. The molecule has 0 spiro atoms. The van der Waals surface area contributed by atoms with Gasteiger partial charge in [0.1, 0.15) is 11.6 Å². The molecule has 0 saturated carbocycles. The van der Waals surface area contributed by atoms with Gasteiger partial charge in [-0.25, -0.2) is 0 Å². The molecule has 0 unspecified atom stereocenters. The lowest BCUT2D eigenvalue weighted by Gasteiger charge is -2.18. The third kappa shape index (κ3) is 3.10. The van der Waals surface area contributed by atoms with E-state index in [1.54, 1.807) is 0 Å².